The Morgan fingerprint density at radius 2 is 2.10 bits per heavy atom. The zero-order chi connectivity index (χ0) is 14.5. The van der Waals surface area contributed by atoms with Gasteiger partial charge in [-0.1, -0.05) is 30.3 Å². The van der Waals surface area contributed by atoms with Crippen LogP contribution < -0.4 is 5.32 Å². The zero-order valence-corrected chi connectivity index (χ0v) is 13.1. The Balaban J connectivity index is 1.58. The number of hydrogen-bond donors (Lipinski definition) is 1. The first-order chi connectivity index (χ1) is 10.3. The van der Waals surface area contributed by atoms with E-state index in [-0.39, 0.29) is 0 Å². The molecule has 3 unspecified atom stereocenters. The lowest BCUT2D eigenvalue weighted by Gasteiger charge is -2.30. The number of nitrogens with one attached hydrogen (secondary N) is 1. The Kier molecular flexibility index (Phi) is 5.28. The fraction of sp³-hybridized carbons (Fsp3) is 0.667. The van der Waals surface area contributed by atoms with Gasteiger partial charge < -0.3 is 10.1 Å². The van der Waals surface area contributed by atoms with E-state index in [1.807, 2.05) is 7.11 Å². The van der Waals surface area contributed by atoms with E-state index in [0.29, 0.717) is 12.1 Å². The Hall–Kier alpha value is -0.900. The van der Waals surface area contributed by atoms with Crippen LogP contribution in [-0.2, 0) is 11.2 Å². The van der Waals surface area contributed by atoms with Crippen LogP contribution in [0.2, 0.25) is 0 Å². The van der Waals surface area contributed by atoms with Gasteiger partial charge in [0, 0.05) is 25.7 Å². The van der Waals surface area contributed by atoms with Crippen molar-refractivity contribution in [2.24, 2.45) is 0 Å². The predicted octanol–water partition coefficient (Wildman–Crippen LogP) is 2.46. The number of ether oxygens (including phenoxy) is 1. The van der Waals surface area contributed by atoms with Crippen molar-refractivity contribution in [1.82, 2.24) is 10.2 Å². The summed E-state index contributed by atoms with van der Waals surface area (Å²) in [5.41, 5.74) is 1.44. The summed E-state index contributed by atoms with van der Waals surface area (Å²) in [6.07, 6.45) is 6.63. The first kappa shape index (κ1) is 15.0. The Morgan fingerprint density at radius 3 is 2.86 bits per heavy atom. The van der Waals surface area contributed by atoms with Crippen LogP contribution in [0.4, 0.5) is 0 Å². The highest BCUT2D eigenvalue weighted by Gasteiger charge is 2.31. The minimum absolute atomic E-state index is 0.485. The molecule has 0 bridgehead atoms. The standard InChI is InChI=1S/C18H28N2O/c1-21-18-9-8-17(13-18)20-11-5-10-19-16(14-20)12-15-6-3-2-4-7-15/h2-4,6-7,16-19H,5,8-14H2,1H3. The minimum Gasteiger partial charge on any atom is -0.381 e. The summed E-state index contributed by atoms with van der Waals surface area (Å²) < 4.78 is 5.54. The molecule has 1 aromatic carbocycles. The van der Waals surface area contributed by atoms with Crippen LogP contribution in [0.15, 0.2) is 30.3 Å². The summed E-state index contributed by atoms with van der Waals surface area (Å²) in [7, 11) is 1.86. The summed E-state index contributed by atoms with van der Waals surface area (Å²) in [6, 6.07) is 12.2. The van der Waals surface area contributed by atoms with E-state index in [9.17, 15) is 0 Å². The number of hydrogen-bond acceptors (Lipinski definition) is 3. The quantitative estimate of drug-likeness (QED) is 0.921. The molecule has 1 aliphatic carbocycles. The number of rotatable bonds is 4. The van der Waals surface area contributed by atoms with Crippen LogP contribution in [0.25, 0.3) is 0 Å². The average molecular weight is 288 g/mol. The smallest absolute Gasteiger partial charge is 0.0586 e. The third-order valence-electron chi connectivity index (χ3n) is 5.04. The predicted molar refractivity (Wildman–Crippen MR) is 86.6 cm³/mol. The maximum atomic E-state index is 5.54. The van der Waals surface area contributed by atoms with Gasteiger partial charge in [-0.25, -0.2) is 0 Å². The van der Waals surface area contributed by atoms with Gasteiger partial charge in [0.15, 0.2) is 0 Å². The molecule has 2 aliphatic rings. The monoisotopic (exact) mass is 288 g/mol. The molecule has 1 aromatic rings. The van der Waals surface area contributed by atoms with E-state index in [2.05, 4.69) is 40.5 Å². The summed E-state index contributed by atoms with van der Waals surface area (Å²) in [5, 5.41) is 3.74. The van der Waals surface area contributed by atoms with Crippen LogP contribution in [0.3, 0.4) is 0 Å². The SMILES string of the molecule is COC1CCC(N2CCCNC(Cc3ccccc3)C2)C1. The molecule has 1 N–H and O–H groups in total. The third kappa shape index (κ3) is 4.06. The lowest BCUT2D eigenvalue weighted by atomic mass is 10.0. The molecule has 21 heavy (non-hydrogen) atoms. The molecule has 3 atom stereocenters. The van der Waals surface area contributed by atoms with E-state index in [1.54, 1.807) is 0 Å². The van der Waals surface area contributed by atoms with Crippen LogP contribution >= 0.6 is 0 Å². The highest BCUT2D eigenvalue weighted by atomic mass is 16.5. The Morgan fingerprint density at radius 1 is 1.24 bits per heavy atom. The number of benzene rings is 1. The van der Waals surface area contributed by atoms with Gasteiger partial charge in [-0.05, 0) is 50.8 Å². The van der Waals surface area contributed by atoms with Gasteiger partial charge in [0.05, 0.1) is 6.10 Å². The topological polar surface area (TPSA) is 24.5 Å². The lowest BCUT2D eigenvalue weighted by Crippen LogP contribution is -2.43. The molecule has 2 fully saturated rings. The first-order valence-corrected chi connectivity index (χ1v) is 8.39. The van der Waals surface area contributed by atoms with Gasteiger partial charge in [0.1, 0.15) is 0 Å². The molecular formula is C18H28N2O. The van der Waals surface area contributed by atoms with Crippen molar-refractivity contribution >= 4 is 0 Å². The van der Waals surface area contributed by atoms with Crippen molar-refractivity contribution in [2.45, 2.75) is 50.3 Å². The molecule has 1 saturated carbocycles. The van der Waals surface area contributed by atoms with Crippen molar-refractivity contribution in [3.05, 3.63) is 35.9 Å². The van der Waals surface area contributed by atoms with Crippen LogP contribution in [0, 0.1) is 0 Å². The summed E-state index contributed by atoms with van der Waals surface area (Å²) >= 11 is 0. The van der Waals surface area contributed by atoms with E-state index in [0.717, 1.165) is 19.0 Å². The molecule has 3 nitrogen and oxygen atoms in total. The molecule has 116 valence electrons. The summed E-state index contributed by atoms with van der Waals surface area (Å²) in [4.78, 5) is 2.71. The zero-order valence-electron chi connectivity index (χ0n) is 13.1. The van der Waals surface area contributed by atoms with E-state index in [4.69, 9.17) is 4.74 Å². The van der Waals surface area contributed by atoms with Gasteiger partial charge in [-0.15, -0.1) is 0 Å². The van der Waals surface area contributed by atoms with Crippen LogP contribution in [-0.4, -0.2) is 49.8 Å². The molecule has 0 amide bonds. The van der Waals surface area contributed by atoms with Gasteiger partial charge in [0.25, 0.3) is 0 Å². The summed E-state index contributed by atoms with van der Waals surface area (Å²) in [5.74, 6) is 0. The van der Waals surface area contributed by atoms with Crippen LogP contribution in [0.1, 0.15) is 31.2 Å². The van der Waals surface area contributed by atoms with Crippen molar-refractivity contribution < 1.29 is 4.74 Å². The maximum Gasteiger partial charge on any atom is 0.0586 e. The second-order valence-corrected chi connectivity index (χ2v) is 6.51. The third-order valence-corrected chi connectivity index (χ3v) is 5.04. The molecule has 3 rings (SSSR count). The average Bonchev–Trinajstić information content (AvgIpc) is 2.89. The van der Waals surface area contributed by atoms with E-state index in [1.165, 1.54) is 44.3 Å². The van der Waals surface area contributed by atoms with Crippen molar-refractivity contribution in [1.29, 1.82) is 0 Å². The van der Waals surface area contributed by atoms with Crippen LogP contribution in [0.5, 0.6) is 0 Å². The highest BCUT2D eigenvalue weighted by molar-refractivity contribution is 5.16. The van der Waals surface area contributed by atoms with Crippen molar-refractivity contribution in [3.8, 4) is 0 Å². The van der Waals surface area contributed by atoms with E-state index >= 15 is 0 Å². The molecular weight excluding hydrogens is 260 g/mol. The second-order valence-electron chi connectivity index (χ2n) is 6.51. The van der Waals surface area contributed by atoms with Crippen molar-refractivity contribution in [3.63, 3.8) is 0 Å². The Bertz CT molecular complexity index is 422. The fourth-order valence-electron chi connectivity index (χ4n) is 3.86. The molecule has 0 radical (unpaired) electrons. The highest BCUT2D eigenvalue weighted by Crippen LogP contribution is 2.27. The second kappa shape index (κ2) is 7.39. The number of nitrogens with zero attached hydrogens (tertiary/aromatic N) is 1. The first-order valence-electron chi connectivity index (χ1n) is 8.39. The summed E-state index contributed by atoms with van der Waals surface area (Å²) in [6.45, 7) is 3.56. The largest absolute Gasteiger partial charge is 0.381 e. The number of methoxy groups -OCH3 is 1. The molecule has 1 saturated heterocycles. The molecule has 0 aromatic heterocycles. The van der Waals surface area contributed by atoms with Gasteiger partial charge in [-0.3, -0.25) is 4.90 Å². The maximum absolute atomic E-state index is 5.54. The Labute approximate surface area is 128 Å². The molecule has 1 heterocycles. The molecule has 0 spiro atoms. The van der Waals surface area contributed by atoms with Crippen molar-refractivity contribution in [2.75, 3.05) is 26.7 Å². The lowest BCUT2D eigenvalue weighted by molar-refractivity contribution is 0.0961. The molecule has 1 aliphatic heterocycles. The molecule has 3 heteroatoms. The van der Waals surface area contributed by atoms with Gasteiger partial charge in [-0.2, -0.15) is 0 Å². The minimum atomic E-state index is 0.485. The van der Waals surface area contributed by atoms with Gasteiger partial charge in [0.2, 0.25) is 0 Å². The normalized spacial score (nSPS) is 31.2. The van der Waals surface area contributed by atoms with E-state index < -0.39 is 0 Å². The van der Waals surface area contributed by atoms with Gasteiger partial charge >= 0.3 is 0 Å². The fourth-order valence-corrected chi connectivity index (χ4v) is 3.86.